The molecule has 2 saturated heterocycles. The van der Waals surface area contributed by atoms with Crippen LogP contribution in [0.15, 0.2) is 57.6 Å². The van der Waals surface area contributed by atoms with Gasteiger partial charge < -0.3 is 18.9 Å². The van der Waals surface area contributed by atoms with Crippen LogP contribution in [0.2, 0.25) is 0 Å². The van der Waals surface area contributed by atoms with E-state index in [0.717, 1.165) is 50.6 Å². The summed E-state index contributed by atoms with van der Waals surface area (Å²) in [6.45, 7) is 2.72. The SMILES string of the molecule is Brc1cc(-c2ccn(-c3ccc(OCC4CO4)c(Br)c3)n2)ccc1OCC1CO1. The maximum Gasteiger partial charge on any atom is 0.133 e. The molecule has 29 heavy (non-hydrogen) atoms. The van der Waals surface area contributed by atoms with Crippen LogP contribution in [0, 0.1) is 0 Å². The van der Waals surface area contributed by atoms with E-state index in [2.05, 4.69) is 31.9 Å². The van der Waals surface area contributed by atoms with Crippen molar-refractivity contribution in [3.8, 4) is 28.4 Å². The predicted octanol–water partition coefficient (Wildman–Crippen LogP) is 4.62. The van der Waals surface area contributed by atoms with Gasteiger partial charge in [0.1, 0.15) is 36.9 Å². The third kappa shape index (κ3) is 4.66. The van der Waals surface area contributed by atoms with Crippen LogP contribution in [0.1, 0.15) is 0 Å². The molecule has 2 aliphatic heterocycles. The second kappa shape index (κ2) is 8.10. The molecular weight excluding hydrogens is 504 g/mol. The maximum atomic E-state index is 5.77. The minimum Gasteiger partial charge on any atom is -0.490 e. The van der Waals surface area contributed by atoms with Gasteiger partial charge in [0.05, 0.1) is 33.5 Å². The van der Waals surface area contributed by atoms with E-state index in [9.17, 15) is 0 Å². The Kier molecular flexibility index (Phi) is 5.34. The monoisotopic (exact) mass is 520 g/mol. The molecule has 2 atom stereocenters. The summed E-state index contributed by atoms with van der Waals surface area (Å²) in [4.78, 5) is 0. The molecule has 0 bridgehead atoms. The number of benzene rings is 2. The van der Waals surface area contributed by atoms with E-state index in [-0.39, 0.29) is 12.2 Å². The number of rotatable bonds is 8. The van der Waals surface area contributed by atoms with Gasteiger partial charge in [0, 0.05) is 11.8 Å². The number of aromatic nitrogens is 2. The Bertz CT molecular complexity index is 951. The van der Waals surface area contributed by atoms with Gasteiger partial charge in [-0.1, -0.05) is 0 Å². The quantitative estimate of drug-likeness (QED) is 0.405. The van der Waals surface area contributed by atoms with Crippen LogP contribution in [-0.4, -0.2) is 48.4 Å². The van der Waals surface area contributed by atoms with Gasteiger partial charge in [-0.15, -0.1) is 0 Å². The summed E-state index contributed by atoms with van der Waals surface area (Å²) in [7, 11) is 0. The second-order valence-corrected chi connectivity index (χ2v) is 8.65. The molecule has 2 unspecified atom stereocenters. The van der Waals surface area contributed by atoms with Crippen molar-refractivity contribution in [2.45, 2.75) is 12.2 Å². The lowest BCUT2D eigenvalue weighted by atomic mass is 10.1. The molecule has 0 N–H and O–H groups in total. The lowest BCUT2D eigenvalue weighted by molar-refractivity contribution is 0.262. The zero-order valence-electron chi connectivity index (χ0n) is 15.4. The fraction of sp³-hybridized carbons (Fsp3) is 0.286. The van der Waals surface area contributed by atoms with Crippen LogP contribution in [0.5, 0.6) is 11.5 Å². The number of hydrogen-bond acceptors (Lipinski definition) is 5. The Morgan fingerprint density at radius 1 is 0.897 bits per heavy atom. The first-order chi connectivity index (χ1) is 14.2. The first-order valence-corrected chi connectivity index (χ1v) is 10.9. The van der Waals surface area contributed by atoms with Crippen LogP contribution >= 0.6 is 31.9 Å². The minimum absolute atomic E-state index is 0.230. The molecule has 8 heteroatoms. The van der Waals surface area contributed by atoms with Gasteiger partial charge in [0.15, 0.2) is 0 Å². The summed E-state index contributed by atoms with van der Waals surface area (Å²) in [5.74, 6) is 1.60. The number of nitrogens with zero attached hydrogens (tertiary/aromatic N) is 2. The maximum absolute atomic E-state index is 5.77. The standard InChI is InChI=1S/C21H18Br2N2O4/c22-17-7-13(1-3-20(17)28-11-15-9-26-15)19-5-6-25(24-19)14-2-4-21(18(23)8-14)29-12-16-10-27-16/h1-8,15-16H,9-12H2. The molecule has 3 heterocycles. The lowest BCUT2D eigenvalue weighted by Gasteiger charge is -2.09. The molecular formula is C21H18Br2N2O4. The normalized spacial score (nSPS) is 19.8. The Labute approximate surface area is 185 Å². The number of ether oxygens (including phenoxy) is 4. The van der Waals surface area contributed by atoms with E-state index in [4.69, 9.17) is 24.0 Å². The summed E-state index contributed by atoms with van der Waals surface area (Å²) in [6.07, 6.45) is 2.40. The van der Waals surface area contributed by atoms with Gasteiger partial charge in [-0.05, 0) is 74.3 Å². The summed E-state index contributed by atoms with van der Waals surface area (Å²) in [6, 6.07) is 13.9. The molecule has 5 rings (SSSR count). The summed E-state index contributed by atoms with van der Waals surface area (Å²) in [5, 5.41) is 4.71. The van der Waals surface area contributed by atoms with Crippen molar-refractivity contribution in [1.82, 2.24) is 9.78 Å². The first kappa shape index (κ1) is 19.1. The minimum atomic E-state index is 0.230. The van der Waals surface area contributed by atoms with Crippen molar-refractivity contribution >= 4 is 31.9 Å². The van der Waals surface area contributed by atoms with Crippen molar-refractivity contribution in [3.05, 3.63) is 57.6 Å². The Morgan fingerprint density at radius 3 is 2.10 bits per heavy atom. The molecule has 0 amide bonds. The molecule has 0 saturated carbocycles. The van der Waals surface area contributed by atoms with E-state index in [1.165, 1.54) is 0 Å². The highest BCUT2D eigenvalue weighted by Crippen LogP contribution is 2.32. The van der Waals surface area contributed by atoms with E-state index in [1.54, 1.807) is 0 Å². The molecule has 3 aromatic rings. The van der Waals surface area contributed by atoms with E-state index in [0.29, 0.717) is 13.2 Å². The highest BCUT2D eigenvalue weighted by Gasteiger charge is 2.24. The van der Waals surface area contributed by atoms with Gasteiger partial charge >= 0.3 is 0 Å². The van der Waals surface area contributed by atoms with E-state index in [1.807, 2.05) is 53.3 Å². The number of halogens is 2. The molecule has 1 aromatic heterocycles. The summed E-state index contributed by atoms with van der Waals surface area (Å²) in [5.41, 5.74) is 2.83. The summed E-state index contributed by atoms with van der Waals surface area (Å²) >= 11 is 7.16. The average molecular weight is 522 g/mol. The van der Waals surface area contributed by atoms with Crippen LogP contribution in [0.3, 0.4) is 0 Å². The molecule has 2 fully saturated rings. The number of epoxide rings is 2. The Morgan fingerprint density at radius 2 is 1.52 bits per heavy atom. The molecule has 2 aromatic carbocycles. The molecule has 0 aliphatic carbocycles. The van der Waals surface area contributed by atoms with Crippen molar-refractivity contribution in [2.75, 3.05) is 26.4 Å². The molecule has 2 aliphatic rings. The van der Waals surface area contributed by atoms with Gasteiger partial charge in [-0.2, -0.15) is 5.10 Å². The zero-order valence-corrected chi connectivity index (χ0v) is 18.6. The largest absolute Gasteiger partial charge is 0.490 e. The zero-order chi connectivity index (χ0) is 19.8. The Hall–Kier alpha value is -1.87. The smallest absolute Gasteiger partial charge is 0.133 e. The molecule has 6 nitrogen and oxygen atoms in total. The molecule has 150 valence electrons. The second-order valence-electron chi connectivity index (χ2n) is 6.94. The highest BCUT2D eigenvalue weighted by atomic mass is 79.9. The van der Waals surface area contributed by atoms with Crippen molar-refractivity contribution in [3.63, 3.8) is 0 Å². The van der Waals surface area contributed by atoms with Gasteiger partial charge in [-0.3, -0.25) is 0 Å². The molecule has 0 radical (unpaired) electrons. The van der Waals surface area contributed by atoms with Gasteiger partial charge in [0.25, 0.3) is 0 Å². The fourth-order valence-electron chi connectivity index (χ4n) is 2.84. The highest BCUT2D eigenvalue weighted by molar-refractivity contribution is 9.10. The Balaban J connectivity index is 1.30. The van der Waals surface area contributed by atoms with Crippen molar-refractivity contribution in [2.24, 2.45) is 0 Å². The fourth-order valence-corrected chi connectivity index (χ4v) is 3.82. The van der Waals surface area contributed by atoms with Crippen LogP contribution in [0.4, 0.5) is 0 Å². The third-order valence-corrected chi connectivity index (χ3v) is 5.89. The van der Waals surface area contributed by atoms with E-state index < -0.39 is 0 Å². The average Bonchev–Trinajstić information content (AvgIpc) is 3.65. The van der Waals surface area contributed by atoms with Gasteiger partial charge in [-0.25, -0.2) is 4.68 Å². The summed E-state index contributed by atoms with van der Waals surface area (Å²) < 4.78 is 25.5. The lowest BCUT2D eigenvalue weighted by Crippen LogP contribution is -2.05. The van der Waals surface area contributed by atoms with Crippen LogP contribution < -0.4 is 9.47 Å². The first-order valence-electron chi connectivity index (χ1n) is 9.30. The topological polar surface area (TPSA) is 61.3 Å². The van der Waals surface area contributed by atoms with Crippen molar-refractivity contribution < 1.29 is 18.9 Å². The van der Waals surface area contributed by atoms with Crippen LogP contribution in [0.25, 0.3) is 16.9 Å². The van der Waals surface area contributed by atoms with Crippen LogP contribution in [-0.2, 0) is 9.47 Å². The molecule has 0 spiro atoms. The predicted molar refractivity (Wildman–Crippen MR) is 115 cm³/mol. The van der Waals surface area contributed by atoms with Crippen molar-refractivity contribution in [1.29, 1.82) is 0 Å². The number of hydrogen-bond donors (Lipinski definition) is 0. The third-order valence-electron chi connectivity index (χ3n) is 4.65. The van der Waals surface area contributed by atoms with Gasteiger partial charge in [0.2, 0.25) is 0 Å². The van der Waals surface area contributed by atoms with E-state index >= 15 is 0 Å².